The smallest absolute Gasteiger partial charge is 0.255 e. The largest absolute Gasteiger partial charge is 0.494 e. The van der Waals surface area contributed by atoms with Crippen LogP contribution in [0.25, 0.3) is 5.69 Å². The summed E-state index contributed by atoms with van der Waals surface area (Å²) in [4.78, 5) is 16.3. The van der Waals surface area contributed by atoms with E-state index in [4.69, 9.17) is 4.74 Å². The number of aromatic nitrogens is 3. The van der Waals surface area contributed by atoms with Crippen molar-refractivity contribution in [2.75, 3.05) is 11.9 Å². The molecule has 1 aromatic heterocycles. The molecule has 6 nitrogen and oxygen atoms in total. The van der Waals surface area contributed by atoms with Crippen LogP contribution in [0.5, 0.6) is 5.75 Å². The van der Waals surface area contributed by atoms with Crippen LogP contribution in [0.4, 0.5) is 5.69 Å². The van der Waals surface area contributed by atoms with Crippen LogP contribution in [0.15, 0.2) is 61.2 Å². The van der Waals surface area contributed by atoms with E-state index in [1.807, 2.05) is 31.2 Å². The van der Waals surface area contributed by atoms with Gasteiger partial charge in [0.05, 0.1) is 18.0 Å². The number of benzene rings is 2. The number of hydrogen-bond donors (Lipinski definition) is 1. The van der Waals surface area contributed by atoms with Gasteiger partial charge >= 0.3 is 0 Å². The van der Waals surface area contributed by atoms with Crippen molar-refractivity contribution in [1.82, 2.24) is 14.8 Å². The average molecular weight is 308 g/mol. The van der Waals surface area contributed by atoms with E-state index in [1.165, 1.54) is 6.33 Å². The maximum atomic E-state index is 12.4. The summed E-state index contributed by atoms with van der Waals surface area (Å²) in [5.74, 6) is 0.549. The summed E-state index contributed by atoms with van der Waals surface area (Å²) in [5, 5.41) is 7.00. The lowest BCUT2D eigenvalue weighted by Gasteiger charge is -2.11. The molecule has 0 atom stereocenters. The average Bonchev–Trinajstić information content (AvgIpc) is 3.10. The van der Waals surface area contributed by atoms with E-state index in [0.29, 0.717) is 17.9 Å². The van der Waals surface area contributed by atoms with Crippen molar-refractivity contribution in [1.29, 1.82) is 0 Å². The molecule has 0 aliphatic heterocycles. The van der Waals surface area contributed by atoms with E-state index in [0.717, 1.165) is 11.4 Å². The minimum absolute atomic E-state index is 0.194. The fraction of sp³-hybridized carbons (Fsp3) is 0.118. The van der Waals surface area contributed by atoms with Gasteiger partial charge in [-0.2, -0.15) is 5.10 Å². The Kier molecular flexibility index (Phi) is 4.33. The zero-order valence-electron chi connectivity index (χ0n) is 12.6. The molecule has 0 bridgehead atoms. The monoisotopic (exact) mass is 308 g/mol. The Bertz CT molecular complexity index is 783. The minimum atomic E-state index is -0.194. The summed E-state index contributed by atoms with van der Waals surface area (Å²) in [7, 11) is 0. The maximum absolute atomic E-state index is 12.4. The van der Waals surface area contributed by atoms with E-state index >= 15 is 0 Å². The van der Waals surface area contributed by atoms with Crippen molar-refractivity contribution >= 4 is 11.6 Å². The molecule has 1 amide bonds. The number of hydrogen-bond acceptors (Lipinski definition) is 4. The predicted octanol–water partition coefficient (Wildman–Crippen LogP) is 2.92. The van der Waals surface area contributed by atoms with E-state index in [1.54, 1.807) is 35.3 Å². The Balaban J connectivity index is 1.81. The molecule has 0 fully saturated rings. The van der Waals surface area contributed by atoms with Gasteiger partial charge in [0.15, 0.2) is 0 Å². The molecule has 1 heterocycles. The van der Waals surface area contributed by atoms with Crippen molar-refractivity contribution in [2.45, 2.75) is 6.92 Å². The van der Waals surface area contributed by atoms with Gasteiger partial charge in [-0.1, -0.05) is 12.1 Å². The Labute approximate surface area is 133 Å². The van der Waals surface area contributed by atoms with Gasteiger partial charge in [0.1, 0.15) is 18.4 Å². The van der Waals surface area contributed by atoms with Crippen LogP contribution in [0.2, 0.25) is 0 Å². The Hall–Kier alpha value is -3.15. The van der Waals surface area contributed by atoms with Crippen LogP contribution in [0.1, 0.15) is 17.3 Å². The standard InChI is InChI=1S/C17H16N4O2/c1-2-23-14-9-7-13(8-10-14)17(22)20-15-5-3-4-6-16(15)21-12-18-11-19-21/h3-12H,2H2,1H3,(H,20,22). The van der Waals surface area contributed by atoms with Gasteiger partial charge < -0.3 is 10.1 Å². The first-order chi connectivity index (χ1) is 11.3. The predicted molar refractivity (Wildman–Crippen MR) is 86.9 cm³/mol. The van der Waals surface area contributed by atoms with Gasteiger partial charge in [-0.15, -0.1) is 0 Å². The SMILES string of the molecule is CCOc1ccc(C(=O)Nc2ccccc2-n2cncn2)cc1. The molecule has 0 unspecified atom stereocenters. The molecule has 3 aromatic rings. The highest BCUT2D eigenvalue weighted by Crippen LogP contribution is 2.20. The van der Waals surface area contributed by atoms with Crippen LogP contribution in [0.3, 0.4) is 0 Å². The number of anilines is 1. The first kappa shape index (κ1) is 14.8. The Morgan fingerprint density at radius 1 is 1.17 bits per heavy atom. The zero-order valence-corrected chi connectivity index (χ0v) is 12.6. The molecule has 0 saturated carbocycles. The molecule has 0 aliphatic carbocycles. The molecule has 1 N–H and O–H groups in total. The number of para-hydroxylation sites is 2. The van der Waals surface area contributed by atoms with Crippen molar-refractivity contribution in [2.24, 2.45) is 0 Å². The number of amides is 1. The highest BCUT2D eigenvalue weighted by molar-refractivity contribution is 6.05. The van der Waals surface area contributed by atoms with Gasteiger partial charge in [0.25, 0.3) is 5.91 Å². The lowest BCUT2D eigenvalue weighted by atomic mass is 10.2. The van der Waals surface area contributed by atoms with Gasteiger partial charge in [0, 0.05) is 5.56 Å². The van der Waals surface area contributed by atoms with Gasteiger partial charge in [-0.3, -0.25) is 4.79 Å². The second-order valence-corrected chi connectivity index (χ2v) is 4.77. The molecule has 0 radical (unpaired) electrons. The van der Waals surface area contributed by atoms with E-state index in [9.17, 15) is 4.79 Å². The van der Waals surface area contributed by atoms with E-state index in [2.05, 4.69) is 15.4 Å². The lowest BCUT2D eigenvalue weighted by molar-refractivity contribution is 0.102. The minimum Gasteiger partial charge on any atom is -0.494 e. The molecule has 116 valence electrons. The summed E-state index contributed by atoms with van der Waals surface area (Å²) >= 11 is 0. The van der Waals surface area contributed by atoms with Gasteiger partial charge in [-0.05, 0) is 43.3 Å². The van der Waals surface area contributed by atoms with Crippen molar-refractivity contribution in [3.63, 3.8) is 0 Å². The van der Waals surface area contributed by atoms with E-state index < -0.39 is 0 Å². The summed E-state index contributed by atoms with van der Waals surface area (Å²) < 4.78 is 6.98. The molecule has 3 rings (SSSR count). The molecular formula is C17H16N4O2. The summed E-state index contributed by atoms with van der Waals surface area (Å²) in [6.07, 6.45) is 3.03. The maximum Gasteiger partial charge on any atom is 0.255 e. The lowest BCUT2D eigenvalue weighted by Crippen LogP contribution is -2.14. The quantitative estimate of drug-likeness (QED) is 0.787. The molecule has 0 saturated heterocycles. The van der Waals surface area contributed by atoms with Crippen LogP contribution in [-0.2, 0) is 0 Å². The van der Waals surface area contributed by atoms with Gasteiger partial charge in [-0.25, -0.2) is 9.67 Å². The van der Waals surface area contributed by atoms with Crippen LogP contribution >= 0.6 is 0 Å². The zero-order chi connectivity index (χ0) is 16.1. The fourth-order valence-corrected chi connectivity index (χ4v) is 2.18. The van der Waals surface area contributed by atoms with Crippen molar-refractivity contribution < 1.29 is 9.53 Å². The molecule has 6 heteroatoms. The van der Waals surface area contributed by atoms with Crippen molar-refractivity contribution in [3.05, 3.63) is 66.7 Å². The second-order valence-electron chi connectivity index (χ2n) is 4.77. The third-order valence-electron chi connectivity index (χ3n) is 3.25. The number of nitrogens with zero attached hydrogens (tertiary/aromatic N) is 3. The van der Waals surface area contributed by atoms with E-state index in [-0.39, 0.29) is 5.91 Å². The summed E-state index contributed by atoms with van der Waals surface area (Å²) in [6.45, 7) is 2.51. The Morgan fingerprint density at radius 3 is 2.65 bits per heavy atom. The highest BCUT2D eigenvalue weighted by Gasteiger charge is 2.10. The second kappa shape index (κ2) is 6.74. The molecule has 2 aromatic carbocycles. The van der Waals surface area contributed by atoms with Crippen molar-refractivity contribution in [3.8, 4) is 11.4 Å². The van der Waals surface area contributed by atoms with Crippen LogP contribution in [0, 0.1) is 0 Å². The first-order valence-electron chi connectivity index (χ1n) is 7.26. The normalized spacial score (nSPS) is 10.3. The first-order valence-corrected chi connectivity index (χ1v) is 7.26. The topological polar surface area (TPSA) is 69.0 Å². The van der Waals surface area contributed by atoms with Crippen LogP contribution < -0.4 is 10.1 Å². The molecule has 0 spiro atoms. The highest BCUT2D eigenvalue weighted by atomic mass is 16.5. The number of carbonyl (C=O) groups excluding carboxylic acids is 1. The number of nitrogens with one attached hydrogen (secondary N) is 1. The van der Waals surface area contributed by atoms with Gasteiger partial charge in [0.2, 0.25) is 0 Å². The summed E-state index contributed by atoms with van der Waals surface area (Å²) in [6, 6.07) is 14.4. The van der Waals surface area contributed by atoms with Crippen LogP contribution in [-0.4, -0.2) is 27.3 Å². The molecule has 0 aliphatic rings. The molecule has 23 heavy (non-hydrogen) atoms. The number of ether oxygens (including phenoxy) is 1. The Morgan fingerprint density at radius 2 is 1.96 bits per heavy atom. The number of rotatable bonds is 5. The third-order valence-corrected chi connectivity index (χ3v) is 3.25. The fourth-order valence-electron chi connectivity index (χ4n) is 2.18. The number of carbonyl (C=O) groups is 1. The summed E-state index contributed by atoms with van der Waals surface area (Å²) in [5.41, 5.74) is 1.98. The molecular weight excluding hydrogens is 292 g/mol. The third kappa shape index (κ3) is 3.37.